The maximum atomic E-state index is 12.9. The van der Waals surface area contributed by atoms with Gasteiger partial charge in [0.05, 0.1) is 0 Å². The van der Waals surface area contributed by atoms with Crippen molar-refractivity contribution in [2.24, 2.45) is 0 Å². The molecule has 0 aliphatic carbocycles. The molecule has 0 aliphatic rings. The van der Waals surface area contributed by atoms with E-state index in [2.05, 4.69) is 20.6 Å². The van der Waals surface area contributed by atoms with Crippen molar-refractivity contribution in [3.8, 4) is 0 Å². The summed E-state index contributed by atoms with van der Waals surface area (Å²) in [6.07, 6.45) is 1.28. The molecule has 3 aromatic rings. The predicted octanol–water partition coefficient (Wildman–Crippen LogP) is 3.49. The summed E-state index contributed by atoms with van der Waals surface area (Å²) in [7, 11) is 0. The number of nitrogens with zero attached hydrogens (tertiary/aromatic N) is 2. The third-order valence-corrected chi connectivity index (χ3v) is 3.81. The molecular formula is C20H17FN4O2. The van der Waals surface area contributed by atoms with E-state index in [-0.39, 0.29) is 29.7 Å². The first-order valence-electron chi connectivity index (χ1n) is 8.24. The molecule has 2 aromatic carbocycles. The van der Waals surface area contributed by atoms with Gasteiger partial charge in [-0.05, 0) is 36.8 Å². The Hall–Kier alpha value is -3.61. The van der Waals surface area contributed by atoms with Gasteiger partial charge in [0.15, 0.2) is 5.78 Å². The molecule has 0 saturated heterocycles. The Labute approximate surface area is 155 Å². The van der Waals surface area contributed by atoms with Gasteiger partial charge < -0.3 is 10.6 Å². The first kappa shape index (κ1) is 18.2. The SMILES string of the molecule is CC(=O)c1cccc(Nc2cc(C(=O)NCc3ccc(F)cc3)ncn2)c1. The van der Waals surface area contributed by atoms with Crippen LogP contribution in [0, 0.1) is 5.82 Å². The minimum atomic E-state index is -0.373. The van der Waals surface area contributed by atoms with Crippen LogP contribution in [0.25, 0.3) is 0 Å². The van der Waals surface area contributed by atoms with Crippen LogP contribution in [0.2, 0.25) is 0 Å². The zero-order valence-corrected chi connectivity index (χ0v) is 14.6. The zero-order chi connectivity index (χ0) is 19.2. The zero-order valence-electron chi connectivity index (χ0n) is 14.6. The fourth-order valence-electron chi connectivity index (χ4n) is 2.39. The second-order valence-corrected chi connectivity index (χ2v) is 5.86. The van der Waals surface area contributed by atoms with E-state index in [1.54, 1.807) is 36.4 Å². The van der Waals surface area contributed by atoms with Crippen LogP contribution >= 0.6 is 0 Å². The van der Waals surface area contributed by atoms with Gasteiger partial charge in [0.25, 0.3) is 5.91 Å². The minimum Gasteiger partial charge on any atom is -0.347 e. The number of carbonyl (C=O) groups excluding carboxylic acids is 2. The fraction of sp³-hybridized carbons (Fsp3) is 0.100. The monoisotopic (exact) mass is 364 g/mol. The van der Waals surface area contributed by atoms with Gasteiger partial charge in [0, 0.05) is 23.9 Å². The number of nitrogens with one attached hydrogen (secondary N) is 2. The Morgan fingerprint density at radius 1 is 1.04 bits per heavy atom. The van der Waals surface area contributed by atoms with Gasteiger partial charge in [-0.3, -0.25) is 9.59 Å². The number of hydrogen-bond donors (Lipinski definition) is 2. The first-order valence-corrected chi connectivity index (χ1v) is 8.24. The van der Waals surface area contributed by atoms with Crippen molar-refractivity contribution in [1.29, 1.82) is 0 Å². The molecule has 0 fully saturated rings. The highest BCUT2D eigenvalue weighted by Gasteiger charge is 2.09. The van der Waals surface area contributed by atoms with Crippen molar-refractivity contribution in [2.75, 3.05) is 5.32 Å². The Morgan fingerprint density at radius 3 is 2.56 bits per heavy atom. The Kier molecular flexibility index (Phi) is 5.51. The fourth-order valence-corrected chi connectivity index (χ4v) is 2.39. The maximum Gasteiger partial charge on any atom is 0.270 e. The Morgan fingerprint density at radius 2 is 1.81 bits per heavy atom. The van der Waals surface area contributed by atoms with Crippen LogP contribution < -0.4 is 10.6 Å². The van der Waals surface area contributed by atoms with Crippen LogP contribution in [0.15, 0.2) is 60.9 Å². The van der Waals surface area contributed by atoms with Crippen molar-refractivity contribution in [3.05, 3.63) is 83.6 Å². The number of hydrogen-bond acceptors (Lipinski definition) is 5. The van der Waals surface area contributed by atoms with Crippen LogP contribution in [0.1, 0.15) is 33.3 Å². The molecule has 1 amide bonds. The molecule has 0 bridgehead atoms. The standard InChI is InChI=1S/C20H17FN4O2/c1-13(26)15-3-2-4-17(9-15)25-19-10-18(23-12-24-19)20(27)22-11-14-5-7-16(21)8-6-14/h2-10,12H,11H2,1H3,(H,22,27)(H,23,24,25). The lowest BCUT2D eigenvalue weighted by Gasteiger charge is -2.08. The highest BCUT2D eigenvalue weighted by atomic mass is 19.1. The number of rotatable bonds is 6. The molecular weight excluding hydrogens is 347 g/mol. The number of aromatic nitrogens is 2. The summed E-state index contributed by atoms with van der Waals surface area (Å²) in [5.74, 6) is -0.312. The second kappa shape index (κ2) is 8.18. The first-order chi connectivity index (χ1) is 13.0. The van der Waals surface area contributed by atoms with Crippen LogP contribution in [-0.4, -0.2) is 21.7 Å². The van der Waals surface area contributed by atoms with Crippen molar-refractivity contribution in [3.63, 3.8) is 0 Å². The highest BCUT2D eigenvalue weighted by Crippen LogP contribution is 2.16. The third-order valence-electron chi connectivity index (χ3n) is 3.81. The van der Waals surface area contributed by atoms with Crippen LogP contribution in [0.3, 0.4) is 0 Å². The van der Waals surface area contributed by atoms with Crippen LogP contribution in [0.4, 0.5) is 15.9 Å². The van der Waals surface area contributed by atoms with Gasteiger partial charge in [-0.25, -0.2) is 14.4 Å². The number of halogens is 1. The normalized spacial score (nSPS) is 10.3. The Balaban J connectivity index is 1.67. The molecule has 1 aromatic heterocycles. The molecule has 0 radical (unpaired) electrons. The van der Waals surface area contributed by atoms with Crippen LogP contribution in [-0.2, 0) is 6.54 Å². The number of amides is 1. The Bertz CT molecular complexity index is 974. The van der Waals surface area contributed by atoms with Gasteiger partial charge in [-0.15, -0.1) is 0 Å². The summed E-state index contributed by atoms with van der Waals surface area (Å²) in [6.45, 7) is 1.75. The lowest BCUT2D eigenvalue weighted by atomic mass is 10.1. The van der Waals surface area contributed by atoms with Gasteiger partial charge in [-0.2, -0.15) is 0 Å². The number of carbonyl (C=O) groups is 2. The molecule has 0 aliphatic heterocycles. The lowest BCUT2D eigenvalue weighted by molar-refractivity contribution is 0.0945. The summed E-state index contributed by atoms with van der Waals surface area (Å²) >= 11 is 0. The van der Waals surface area contributed by atoms with Gasteiger partial charge in [0.2, 0.25) is 0 Å². The quantitative estimate of drug-likeness (QED) is 0.654. The molecule has 2 N–H and O–H groups in total. The van der Waals surface area contributed by atoms with Crippen molar-refractivity contribution in [1.82, 2.24) is 15.3 Å². The van der Waals surface area contributed by atoms with Crippen molar-refractivity contribution >= 4 is 23.2 Å². The topological polar surface area (TPSA) is 84.0 Å². The predicted molar refractivity (Wildman–Crippen MR) is 99.3 cm³/mol. The van der Waals surface area contributed by atoms with Crippen molar-refractivity contribution < 1.29 is 14.0 Å². The molecule has 136 valence electrons. The van der Waals surface area contributed by atoms with Gasteiger partial charge >= 0.3 is 0 Å². The molecule has 0 atom stereocenters. The summed E-state index contributed by atoms with van der Waals surface area (Å²) in [5, 5.41) is 5.78. The van der Waals surface area contributed by atoms with Gasteiger partial charge in [-0.1, -0.05) is 24.3 Å². The smallest absolute Gasteiger partial charge is 0.270 e. The molecule has 0 saturated carbocycles. The summed E-state index contributed by atoms with van der Waals surface area (Å²) in [5.41, 5.74) is 2.22. The van der Waals surface area contributed by atoms with Crippen molar-refractivity contribution in [2.45, 2.75) is 13.5 Å². The van der Waals surface area contributed by atoms with E-state index >= 15 is 0 Å². The minimum absolute atomic E-state index is 0.0396. The molecule has 3 rings (SSSR count). The van der Waals surface area contributed by atoms with E-state index in [0.29, 0.717) is 17.1 Å². The number of ketones is 1. The van der Waals surface area contributed by atoms with E-state index in [0.717, 1.165) is 5.56 Å². The number of Topliss-reactive ketones (excluding diaryl/α,β-unsaturated/α-hetero) is 1. The third kappa shape index (κ3) is 4.94. The lowest BCUT2D eigenvalue weighted by Crippen LogP contribution is -2.24. The number of anilines is 2. The number of benzene rings is 2. The van der Waals surface area contributed by atoms with E-state index in [4.69, 9.17) is 0 Å². The molecule has 27 heavy (non-hydrogen) atoms. The largest absolute Gasteiger partial charge is 0.347 e. The summed E-state index contributed by atoms with van der Waals surface area (Å²) in [4.78, 5) is 31.8. The van der Waals surface area contributed by atoms with E-state index in [9.17, 15) is 14.0 Å². The van der Waals surface area contributed by atoms with Crippen LogP contribution in [0.5, 0.6) is 0 Å². The van der Waals surface area contributed by atoms with E-state index < -0.39 is 0 Å². The average Bonchev–Trinajstić information content (AvgIpc) is 2.67. The highest BCUT2D eigenvalue weighted by molar-refractivity contribution is 5.95. The van der Waals surface area contributed by atoms with E-state index in [1.165, 1.54) is 31.5 Å². The molecule has 7 heteroatoms. The summed E-state index contributed by atoms with van der Waals surface area (Å²) < 4.78 is 12.9. The molecule has 0 unspecified atom stereocenters. The average molecular weight is 364 g/mol. The molecule has 1 heterocycles. The molecule has 6 nitrogen and oxygen atoms in total. The molecule has 0 spiro atoms. The second-order valence-electron chi connectivity index (χ2n) is 5.86. The summed E-state index contributed by atoms with van der Waals surface area (Å²) in [6, 6.07) is 14.4. The van der Waals surface area contributed by atoms with E-state index in [1.807, 2.05) is 0 Å². The maximum absolute atomic E-state index is 12.9. The van der Waals surface area contributed by atoms with Gasteiger partial charge in [0.1, 0.15) is 23.7 Å².